The Morgan fingerprint density at radius 2 is 1.80 bits per heavy atom. The predicted octanol–water partition coefficient (Wildman–Crippen LogP) is 5.46. The standard InChI is InChI=1S/C21H17BrClFN2O3S/c1-30(28,29)26(18-4-2-3-17(23)12-18)13-14-5-7-15(8-6-14)21(27)25-20-10-9-16(22)11-19(20)24/h2-12H,13H2,1H3,(H,25,27). The summed E-state index contributed by atoms with van der Waals surface area (Å²) in [5, 5.41) is 2.94. The number of rotatable bonds is 6. The van der Waals surface area contributed by atoms with Crippen LogP contribution in [-0.2, 0) is 16.6 Å². The van der Waals surface area contributed by atoms with Crippen molar-refractivity contribution in [2.45, 2.75) is 6.54 Å². The van der Waals surface area contributed by atoms with E-state index in [-0.39, 0.29) is 12.2 Å². The summed E-state index contributed by atoms with van der Waals surface area (Å²) in [5.74, 6) is -1.03. The molecule has 9 heteroatoms. The summed E-state index contributed by atoms with van der Waals surface area (Å²) in [6, 6.07) is 17.3. The molecule has 1 N–H and O–H groups in total. The summed E-state index contributed by atoms with van der Waals surface area (Å²) < 4.78 is 40.2. The Kier molecular flexibility index (Phi) is 6.80. The van der Waals surface area contributed by atoms with Crippen molar-refractivity contribution in [3.05, 3.63) is 93.2 Å². The lowest BCUT2D eigenvalue weighted by atomic mass is 10.1. The van der Waals surface area contributed by atoms with Crippen molar-refractivity contribution < 1.29 is 17.6 Å². The SMILES string of the molecule is CS(=O)(=O)N(Cc1ccc(C(=O)Nc2ccc(Br)cc2F)cc1)c1cccc(Cl)c1. The normalized spacial score (nSPS) is 11.2. The smallest absolute Gasteiger partial charge is 0.255 e. The molecule has 0 heterocycles. The highest BCUT2D eigenvalue weighted by Crippen LogP contribution is 2.24. The first kappa shape index (κ1) is 22.3. The van der Waals surface area contributed by atoms with E-state index in [0.29, 0.717) is 26.3 Å². The lowest BCUT2D eigenvalue weighted by molar-refractivity contribution is 0.102. The molecule has 0 saturated carbocycles. The van der Waals surface area contributed by atoms with E-state index in [1.807, 2.05) is 0 Å². The maximum Gasteiger partial charge on any atom is 0.255 e. The van der Waals surface area contributed by atoms with Crippen LogP contribution in [0.4, 0.5) is 15.8 Å². The summed E-state index contributed by atoms with van der Waals surface area (Å²) in [6.07, 6.45) is 1.11. The van der Waals surface area contributed by atoms with Gasteiger partial charge in [0.25, 0.3) is 5.91 Å². The Labute approximate surface area is 187 Å². The van der Waals surface area contributed by atoms with Gasteiger partial charge >= 0.3 is 0 Å². The monoisotopic (exact) mass is 510 g/mol. The minimum absolute atomic E-state index is 0.0662. The van der Waals surface area contributed by atoms with Gasteiger partial charge in [0, 0.05) is 15.1 Å². The molecule has 0 aliphatic carbocycles. The first-order valence-corrected chi connectivity index (χ1v) is 11.7. The molecule has 0 radical (unpaired) electrons. The molecule has 30 heavy (non-hydrogen) atoms. The molecule has 0 aliphatic heterocycles. The van der Waals surface area contributed by atoms with Gasteiger partial charge < -0.3 is 5.32 Å². The van der Waals surface area contributed by atoms with Gasteiger partial charge in [0.1, 0.15) is 5.82 Å². The van der Waals surface area contributed by atoms with Crippen LogP contribution in [0.2, 0.25) is 5.02 Å². The Bertz CT molecular complexity index is 1190. The topological polar surface area (TPSA) is 66.5 Å². The number of nitrogens with zero attached hydrogens (tertiary/aromatic N) is 1. The molecule has 3 rings (SSSR count). The summed E-state index contributed by atoms with van der Waals surface area (Å²) >= 11 is 9.15. The molecule has 5 nitrogen and oxygen atoms in total. The lowest BCUT2D eigenvalue weighted by Crippen LogP contribution is -2.29. The quantitative estimate of drug-likeness (QED) is 0.478. The Morgan fingerprint density at radius 3 is 2.40 bits per heavy atom. The third kappa shape index (κ3) is 5.59. The first-order valence-electron chi connectivity index (χ1n) is 8.72. The Balaban J connectivity index is 1.77. The number of hydrogen-bond donors (Lipinski definition) is 1. The van der Waals surface area contributed by atoms with E-state index in [1.165, 1.54) is 16.4 Å². The molecule has 156 valence electrons. The van der Waals surface area contributed by atoms with Gasteiger partial charge in [-0.3, -0.25) is 9.10 Å². The highest BCUT2D eigenvalue weighted by atomic mass is 79.9. The second kappa shape index (κ2) is 9.16. The zero-order valence-electron chi connectivity index (χ0n) is 15.8. The lowest BCUT2D eigenvalue weighted by Gasteiger charge is -2.22. The summed E-state index contributed by atoms with van der Waals surface area (Å²) in [4.78, 5) is 12.4. The molecule has 0 saturated heterocycles. The van der Waals surface area contributed by atoms with Crippen LogP contribution in [0.3, 0.4) is 0 Å². The van der Waals surface area contributed by atoms with Crippen LogP contribution in [0.25, 0.3) is 0 Å². The van der Waals surface area contributed by atoms with Crippen LogP contribution in [0, 0.1) is 5.82 Å². The number of sulfonamides is 1. The van der Waals surface area contributed by atoms with Gasteiger partial charge in [0.05, 0.1) is 24.2 Å². The van der Waals surface area contributed by atoms with Crippen LogP contribution >= 0.6 is 27.5 Å². The van der Waals surface area contributed by atoms with Gasteiger partial charge in [-0.25, -0.2) is 12.8 Å². The van der Waals surface area contributed by atoms with Crippen LogP contribution in [0.1, 0.15) is 15.9 Å². The summed E-state index contributed by atoms with van der Waals surface area (Å²) in [6.45, 7) is 0.0718. The fraction of sp³-hybridized carbons (Fsp3) is 0.0952. The van der Waals surface area contributed by atoms with Gasteiger partial charge in [0.2, 0.25) is 10.0 Å². The minimum atomic E-state index is -3.56. The van der Waals surface area contributed by atoms with Gasteiger partial charge in [-0.2, -0.15) is 0 Å². The predicted molar refractivity (Wildman–Crippen MR) is 121 cm³/mol. The molecule has 0 bridgehead atoms. The van der Waals surface area contributed by atoms with Crippen LogP contribution in [0.5, 0.6) is 0 Å². The minimum Gasteiger partial charge on any atom is -0.319 e. The van der Waals surface area contributed by atoms with Gasteiger partial charge in [-0.1, -0.05) is 45.7 Å². The van der Waals surface area contributed by atoms with E-state index < -0.39 is 21.7 Å². The third-order valence-corrected chi connectivity index (χ3v) is 6.09. The van der Waals surface area contributed by atoms with Crippen molar-refractivity contribution in [1.29, 1.82) is 0 Å². The molecule has 0 aliphatic rings. The van der Waals surface area contributed by atoms with Crippen molar-refractivity contribution >= 4 is 54.8 Å². The number of nitrogens with one attached hydrogen (secondary N) is 1. The molecular weight excluding hydrogens is 495 g/mol. The van der Waals surface area contributed by atoms with E-state index in [4.69, 9.17) is 11.6 Å². The van der Waals surface area contributed by atoms with E-state index >= 15 is 0 Å². The molecule has 0 aromatic heterocycles. The maximum absolute atomic E-state index is 13.9. The fourth-order valence-corrected chi connectivity index (χ4v) is 4.14. The maximum atomic E-state index is 13.9. The molecule has 0 spiro atoms. The largest absolute Gasteiger partial charge is 0.319 e. The average molecular weight is 512 g/mol. The molecule has 3 aromatic rings. The first-order chi connectivity index (χ1) is 14.1. The fourth-order valence-electron chi connectivity index (χ4n) is 2.74. The molecule has 0 fully saturated rings. The van der Waals surface area contributed by atoms with Crippen molar-refractivity contribution in [2.24, 2.45) is 0 Å². The number of benzene rings is 3. The Morgan fingerprint density at radius 1 is 1.10 bits per heavy atom. The number of anilines is 2. The zero-order chi connectivity index (χ0) is 21.9. The number of carbonyl (C=O) groups is 1. The highest BCUT2D eigenvalue weighted by molar-refractivity contribution is 9.10. The molecule has 0 unspecified atom stereocenters. The van der Waals surface area contributed by atoms with Crippen molar-refractivity contribution in [3.8, 4) is 0 Å². The summed E-state index contributed by atoms with van der Waals surface area (Å²) in [7, 11) is -3.56. The summed E-state index contributed by atoms with van der Waals surface area (Å²) in [5.41, 5.74) is 1.50. The van der Waals surface area contributed by atoms with E-state index in [0.717, 1.165) is 6.26 Å². The number of halogens is 3. The third-order valence-electron chi connectivity index (χ3n) is 4.22. The van der Waals surface area contributed by atoms with Crippen molar-refractivity contribution in [2.75, 3.05) is 15.9 Å². The van der Waals surface area contributed by atoms with Crippen LogP contribution in [0.15, 0.2) is 71.2 Å². The number of hydrogen-bond acceptors (Lipinski definition) is 3. The van der Waals surface area contributed by atoms with E-state index in [9.17, 15) is 17.6 Å². The average Bonchev–Trinajstić information content (AvgIpc) is 2.68. The number of amides is 1. The van der Waals surface area contributed by atoms with Crippen molar-refractivity contribution in [3.63, 3.8) is 0 Å². The van der Waals surface area contributed by atoms with Crippen LogP contribution < -0.4 is 9.62 Å². The van der Waals surface area contributed by atoms with Crippen LogP contribution in [-0.4, -0.2) is 20.6 Å². The molecule has 0 atom stereocenters. The van der Waals surface area contributed by atoms with Gasteiger partial charge in [-0.15, -0.1) is 0 Å². The zero-order valence-corrected chi connectivity index (χ0v) is 18.9. The number of carbonyl (C=O) groups excluding carboxylic acids is 1. The molecule has 1 amide bonds. The second-order valence-corrected chi connectivity index (χ2v) is 9.78. The van der Waals surface area contributed by atoms with E-state index in [1.54, 1.807) is 54.6 Å². The second-order valence-electron chi connectivity index (χ2n) is 6.52. The molecular formula is C21H17BrClFN2O3S. The van der Waals surface area contributed by atoms with Gasteiger partial charge in [0.15, 0.2) is 0 Å². The van der Waals surface area contributed by atoms with E-state index in [2.05, 4.69) is 21.2 Å². The Hall–Kier alpha value is -2.42. The highest BCUT2D eigenvalue weighted by Gasteiger charge is 2.18. The molecule has 3 aromatic carbocycles. The van der Waals surface area contributed by atoms with Crippen molar-refractivity contribution in [1.82, 2.24) is 0 Å². The van der Waals surface area contributed by atoms with Gasteiger partial charge in [-0.05, 0) is 54.1 Å².